The monoisotopic (exact) mass is 284 g/mol. The van der Waals surface area contributed by atoms with E-state index in [0.29, 0.717) is 5.56 Å². The highest BCUT2D eigenvalue weighted by Crippen LogP contribution is 2.11. The Kier molecular flexibility index (Phi) is 3.99. The van der Waals surface area contributed by atoms with Gasteiger partial charge in [0.1, 0.15) is 10.8 Å². The first-order chi connectivity index (χ1) is 7.74. The number of nitrogens with zero attached hydrogens (tertiary/aromatic N) is 1. The first-order valence-corrected chi connectivity index (χ1v) is 6.13. The minimum atomic E-state index is -4.99. The van der Waals surface area contributed by atoms with Crippen molar-refractivity contribution in [3.05, 3.63) is 28.5 Å². The van der Waals surface area contributed by atoms with Crippen molar-refractivity contribution in [1.29, 1.82) is 0 Å². The molecule has 0 atom stereocenters. The maximum Gasteiger partial charge on any atom is 0.355 e. The first-order valence-electron chi connectivity index (χ1n) is 4.21. The number of carbonyl (C=O) groups is 1. The molecular formula is C8H7ClF2N2O3S. The number of pyridine rings is 1. The molecule has 0 unspecified atom stereocenters. The second-order valence-electron chi connectivity index (χ2n) is 3.04. The summed E-state index contributed by atoms with van der Waals surface area (Å²) in [4.78, 5) is 15.0. The van der Waals surface area contributed by atoms with Crippen molar-refractivity contribution in [3.63, 3.8) is 0 Å². The predicted molar refractivity (Wildman–Crippen MR) is 56.4 cm³/mol. The molecule has 0 bridgehead atoms. The van der Waals surface area contributed by atoms with Crippen LogP contribution in [-0.2, 0) is 10.0 Å². The highest BCUT2D eigenvalue weighted by atomic mass is 35.5. The quantitative estimate of drug-likeness (QED) is 0.850. The van der Waals surface area contributed by atoms with Crippen LogP contribution in [0.15, 0.2) is 12.1 Å². The van der Waals surface area contributed by atoms with Crippen LogP contribution in [0.4, 0.5) is 8.78 Å². The second kappa shape index (κ2) is 4.92. The van der Waals surface area contributed by atoms with Crippen LogP contribution in [0.5, 0.6) is 0 Å². The number of sulfonamides is 1. The molecule has 0 aliphatic heterocycles. The molecule has 1 N–H and O–H groups in total. The lowest BCUT2D eigenvalue weighted by atomic mass is 10.2. The molecule has 17 heavy (non-hydrogen) atoms. The van der Waals surface area contributed by atoms with E-state index in [9.17, 15) is 22.0 Å². The van der Waals surface area contributed by atoms with Crippen molar-refractivity contribution in [2.24, 2.45) is 0 Å². The Morgan fingerprint density at radius 1 is 1.47 bits per heavy atom. The minimum Gasteiger partial charge on any atom is -0.266 e. The molecule has 1 aromatic rings. The van der Waals surface area contributed by atoms with Crippen LogP contribution in [0.2, 0.25) is 5.15 Å². The minimum absolute atomic E-state index is 0.0461. The maximum absolute atomic E-state index is 12.0. The Morgan fingerprint density at radius 2 is 2.06 bits per heavy atom. The highest BCUT2D eigenvalue weighted by molar-refractivity contribution is 7.90. The van der Waals surface area contributed by atoms with Crippen molar-refractivity contribution in [1.82, 2.24) is 9.71 Å². The van der Waals surface area contributed by atoms with Crippen molar-refractivity contribution in [3.8, 4) is 0 Å². The third-order valence-electron chi connectivity index (χ3n) is 1.75. The first kappa shape index (κ1) is 13.8. The number of alkyl halides is 2. The lowest BCUT2D eigenvalue weighted by Crippen LogP contribution is -2.35. The average molecular weight is 285 g/mol. The average Bonchev–Trinajstić information content (AvgIpc) is 2.20. The van der Waals surface area contributed by atoms with Crippen LogP contribution in [-0.4, -0.2) is 25.1 Å². The Bertz CT molecular complexity index is 548. The van der Waals surface area contributed by atoms with E-state index in [1.807, 2.05) is 0 Å². The van der Waals surface area contributed by atoms with Crippen molar-refractivity contribution in [2.45, 2.75) is 12.7 Å². The number of amides is 1. The molecule has 1 heterocycles. The molecule has 0 aliphatic rings. The number of aryl methyl sites for hydroxylation is 1. The number of carbonyl (C=O) groups excluding carboxylic acids is 1. The molecule has 0 saturated heterocycles. The summed E-state index contributed by atoms with van der Waals surface area (Å²) in [6.07, 6.45) is 0. The van der Waals surface area contributed by atoms with E-state index >= 15 is 0 Å². The summed E-state index contributed by atoms with van der Waals surface area (Å²) in [7, 11) is -4.99. The summed E-state index contributed by atoms with van der Waals surface area (Å²) < 4.78 is 46.8. The molecule has 0 fully saturated rings. The van der Waals surface area contributed by atoms with Crippen LogP contribution in [0.3, 0.4) is 0 Å². The zero-order chi connectivity index (χ0) is 13.2. The van der Waals surface area contributed by atoms with Crippen molar-refractivity contribution >= 4 is 27.5 Å². The fourth-order valence-electron chi connectivity index (χ4n) is 0.957. The van der Waals surface area contributed by atoms with Gasteiger partial charge in [0.05, 0.1) is 0 Å². The molecule has 0 spiro atoms. The number of hydrogen-bond donors (Lipinski definition) is 1. The third kappa shape index (κ3) is 3.34. The number of rotatable bonds is 3. The molecule has 0 aliphatic carbocycles. The topological polar surface area (TPSA) is 76.1 Å². The lowest BCUT2D eigenvalue weighted by molar-refractivity contribution is 0.0971. The Balaban J connectivity index is 3.03. The molecule has 1 aromatic heterocycles. The van der Waals surface area contributed by atoms with E-state index in [1.165, 1.54) is 23.8 Å². The third-order valence-corrected chi connectivity index (χ3v) is 2.90. The Hall–Kier alpha value is -1.28. The Labute approximate surface area is 101 Å². The van der Waals surface area contributed by atoms with Gasteiger partial charge in [-0.15, -0.1) is 0 Å². The lowest BCUT2D eigenvalue weighted by Gasteiger charge is -2.07. The number of aromatic nitrogens is 1. The fourth-order valence-corrected chi connectivity index (χ4v) is 1.55. The van der Waals surface area contributed by atoms with Gasteiger partial charge >= 0.3 is 5.76 Å². The van der Waals surface area contributed by atoms with E-state index in [4.69, 9.17) is 11.6 Å². The van der Waals surface area contributed by atoms with Gasteiger partial charge in [-0.1, -0.05) is 17.7 Å². The van der Waals surface area contributed by atoms with Crippen molar-refractivity contribution in [2.75, 3.05) is 0 Å². The molecule has 0 aromatic carbocycles. The summed E-state index contributed by atoms with van der Waals surface area (Å²) in [6, 6.07) is 2.80. The smallest absolute Gasteiger partial charge is 0.266 e. The van der Waals surface area contributed by atoms with Gasteiger partial charge in [0.25, 0.3) is 15.9 Å². The molecule has 5 nitrogen and oxygen atoms in total. The van der Waals surface area contributed by atoms with Gasteiger partial charge in [-0.2, -0.15) is 8.78 Å². The van der Waals surface area contributed by atoms with Gasteiger partial charge in [0.2, 0.25) is 0 Å². The van der Waals surface area contributed by atoms with Crippen LogP contribution in [0.25, 0.3) is 0 Å². The summed E-state index contributed by atoms with van der Waals surface area (Å²) in [5, 5.41) is -0.0461. The van der Waals surface area contributed by atoms with Crippen molar-refractivity contribution < 1.29 is 22.0 Å². The van der Waals surface area contributed by atoms with Crippen LogP contribution < -0.4 is 4.72 Å². The van der Waals surface area contributed by atoms with Gasteiger partial charge in [0, 0.05) is 0 Å². The number of nitrogens with one attached hydrogen (secondary N) is 1. The maximum atomic E-state index is 12.0. The van der Waals surface area contributed by atoms with E-state index in [0.717, 1.165) is 0 Å². The van der Waals surface area contributed by atoms with Gasteiger partial charge in [-0.25, -0.2) is 18.1 Å². The standard InChI is InChI=1S/C8H7ClF2N2O3S/c1-4-2-3-5(9)12-6(4)7(14)13-17(15,16)8(10)11/h2-3,8H,1H3,(H,13,14). The van der Waals surface area contributed by atoms with Crippen LogP contribution >= 0.6 is 11.6 Å². The molecule has 1 amide bonds. The SMILES string of the molecule is Cc1ccc(Cl)nc1C(=O)NS(=O)(=O)C(F)F. The summed E-state index contributed by atoms with van der Waals surface area (Å²) in [6.45, 7) is 1.47. The molecular weight excluding hydrogens is 278 g/mol. The van der Waals surface area contributed by atoms with E-state index in [2.05, 4.69) is 4.98 Å². The molecule has 0 radical (unpaired) electrons. The number of halogens is 3. The normalized spacial score (nSPS) is 11.6. The molecule has 0 saturated carbocycles. The summed E-state index contributed by atoms with van der Waals surface area (Å²) >= 11 is 5.51. The fraction of sp³-hybridized carbons (Fsp3) is 0.250. The highest BCUT2D eigenvalue weighted by Gasteiger charge is 2.27. The molecule has 1 rings (SSSR count). The largest absolute Gasteiger partial charge is 0.355 e. The zero-order valence-corrected chi connectivity index (χ0v) is 10.0. The van der Waals surface area contributed by atoms with E-state index in [1.54, 1.807) is 0 Å². The predicted octanol–water partition coefficient (Wildman–Crippen LogP) is 1.33. The summed E-state index contributed by atoms with van der Waals surface area (Å²) in [5.74, 6) is -4.93. The van der Waals surface area contributed by atoms with E-state index in [-0.39, 0.29) is 10.8 Å². The van der Waals surface area contributed by atoms with Gasteiger partial charge in [-0.3, -0.25) is 4.79 Å². The molecule has 94 valence electrons. The van der Waals surface area contributed by atoms with Crippen LogP contribution in [0.1, 0.15) is 16.1 Å². The van der Waals surface area contributed by atoms with Crippen LogP contribution in [0, 0.1) is 6.92 Å². The van der Waals surface area contributed by atoms with Gasteiger partial charge < -0.3 is 0 Å². The second-order valence-corrected chi connectivity index (χ2v) is 5.07. The van der Waals surface area contributed by atoms with Gasteiger partial charge in [-0.05, 0) is 18.6 Å². The van der Waals surface area contributed by atoms with E-state index < -0.39 is 21.7 Å². The zero-order valence-electron chi connectivity index (χ0n) is 8.45. The Morgan fingerprint density at radius 3 is 2.59 bits per heavy atom. The summed E-state index contributed by atoms with van der Waals surface area (Å²) in [5.41, 5.74) is -0.00177. The molecule has 9 heteroatoms. The van der Waals surface area contributed by atoms with Gasteiger partial charge in [0.15, 0.2) is 0 Å². The number of hydrogen-bond acceptors (Lipinski definition) is 4.